The summed E-state index contributed by atoms with van der Waals surface area (Å²) in [4.78, 5) is 17.5. The minimum atomic E-state index is -3.00. The molecular weight excluding hydrogens is 404 g/mol. The number of carbonyl (C=O) groups is 1. The fraction of sp³-hybridized carbons (Fsp3) is 0.435. The second-order valence-electron chi connectivity index (χ2n) is 7.41. The molecule has 168 valence electrons. The van der Waals surface area contributed by atoms with Gasteiger partial charge in [-0.1, -0.05) is 31.2 Å². The number of methoxy groups -OCH3 is 1. The standard InChI is InChI=1S/C23H29F2N3O3/c1-3-27-10-12-28(13-11-27)16-19-7-5-4-6-18(19)15-26-22(29)17-8-9-20(30-2)21(14-17)31-23(24)25/h4-9,14,23H,3,10-13,15-16H2,1-2H3,(H,26,29). The smallest absolute Gasteiger partial charge is 0.387 e. The predicted octanol–water partition coefficient (Wildman–Crippen LogP) is 3.36. The van der Waals surface area contributed by atoms with Crippen LogP contribution in [0.1, 0.15) is 28.4 Å². The molecule has 0 radical (unpaired) electrons. The number of halogens is 2. The van der Waals surface area contributed by atoms with Gasteiger partial charge in [-0.25, -0.2) is 0 Å². The Morgan fingerprint density at radius 3 is 2.35 bits per heavy atom. The Balaban J connectivity index is 1.63. The molecule has 1 saturated heterocycles. The number of alkyl halides is 2. The fourth-order valence-corrected chi connectivity index (χ4v) is 3.67. The molecule has 0 aromatic heterocycles. The first-order valence-electron chi connectivity index (χ1n) is 10.4. The predicted molar refractivity (Wildman–Crippen MR) is 115 cm³/mol. The van der Waals surface area contributed by atoms with Gasteiger partial charge in [0.05, 0.1) is 7.11 Å². The topological polar surface area (TPSA) is 54.0 Å². The minimum Gasteiger partial charge on any atom is -0.493 e. The zero-order valence-electron chi connectivity index (χ0n) is 17.9. The summed E-state index contributed by atoms with van der Waals surface area (Å²) in [5.74, 6) is -0.393. The summed E-state index contributed by atoms with van der Waals surface area (Å²) in [5.41, 5.74) is 2.43. The first-order chi connectivity index (χ1) is 15.0. The maximum atomic E-state index is 12.6. The minimum absolute atomic E-state index is 0.144. The van der Waals surface area contributed by atoms with Gasteiger partial charge in [-0.15, -0.1) is 0 Å². The lowest BCUT2D eigenvalue weighted by molar-refractivity contribution is -0.0512. The van der Waals surface area contributed by atoms with Crippen molar-refractivity contribution in [3.05, 3.63) is 59.2 Å². The molecule has 0 spiro atoms. The van der Waals surface area contributed by atoms with Crippen LogP contribution in [0.25, 0.3) is 0 Å². The second kappa shape index (κ2) is 11.1. The van der Waals surface area contributed by atoms with Crippen molar-refractivity contribution in [3.63, 3.8) is 0 Å². The summed E-state index contributed by atoms with van der Waals surface area (Å²) in [6, 6.07) is 12.2. The van der Waals surface area contributed by atoms with Gasteiger partial charge in [-0.3, -0.25) is 9.69 Å². The van der Waals surface area contributed by atoms with Crippen LogP contribution < -0.4 is 14.8 Å². The maximum Gasteiger partial charge on any atom is 0.387 e. The molecule has 0 saturated carbocycles. The van der Waals surface area contributed by atoms with Gasteiger partial charge in [0.15, 0.2) is 11.5 Å². The highest BCUT2D eigenvalue weighted by Crippen LogP contribution is 2.29. The number of hydrogen-bond donors (Lipinski definition) is 1. The third-order valence-electron chi connectivity index (χ3n) is 5.51. The maximum absolute atomic E-state index is 12.6. The SMILES string of the molecule is CCN1CCN(Cc2ccccc2CNC(=O)c2ccc(OC)c(OC(F)F)c2)CC1. The fourth-order valence-electron chi connectivity index (χ4n) is 3.67. The van der Waals surface area contributed by atoms with Crippen LogP contribution in [0.5, 0.6) is 11.5 Å². The van der Waals surface area contributed by atoms with Crippen molar-refractivity contribution in [2.75, 3.05) is 39.8 Å². The van der Waals surface area contributed by atoms with Crippen molar-refractivity contribution in [3.8, 4) is 11.5 Å². The van der Waals surface area contributed by atoms with Crippen LogP contribution in [0.2, 0.25) is 0 Å². The van der Waals surface area contributed by atoms with Crippen molar-refractivity contribution < 1.29 is 23.0 Å². The molecule has 0 unspecified atom stereocenters. The number of nitrogens with zero attached hydrogens (tertiary/aromatic N) is 2. The molecule has 2 aromatic rings. The zero-order valence-corrected chi connectivity index (χ0v) is 17.9. The van der Waals surface area contributed by atoms with Gasteiger partial charge in [-0.2, -0.15) is 8.78 Å². The lowest BCUT2D eigenvalue weighted by atomic mass is 10.1. The molecule has 0 atom stereocenters. The molecule has 6 nitrogen and oxygen atoms in total. The van der Waals surface area contributed by atoms with Gasteiger partial charge in [0.25, 0.3) is 5.91 Å². The highest BCUT2D eigenvalue weighted by molar-refractivity contribution is 5.94. The van der Waals surface area contributed by atoms with Crippen molar-refractivity contribution in [1.29, 1.82) is 0 Å². The van der Waals surface area contributed by atoms with E-state index in [-0.39, 0.29) is 23.0 Å². The van der Waals surface area contributed by atoms with Gasteiger partial charge in [0.1, 0.15) is 0 Å². The Bertz CT molecular complexity index is 871. The highest BCUT2D eigenvalue weighted by atomic mass is 19.3. The molecule has 0 aliphatic carbocycles. The average Bonchev–Trinajstić information content (AvgIpc) is 2.78. The van der Waals surface area contributed by atoms with Gasteiger partial charge >= 0.3 is 6.61 Å². The highest BCUT2D eigenvalue weighted by Gasteiger charge is 2.18. The number of likely N-dealkylation sites (N-methyl/N-ethyl adjacent to an activating group) is 1. The summed E-state index contributed by atoms with van der Waals surface area (Å²) in [5, 5.41) is 2.88. The Morgan fingerprint density at radius 1 is 1.03 bits per heavy atom. The molecule has 2 aromatic carbocycles. The summed E-state index contributed by atoms with van der Waals surface area (Å²) in [6.07, 6.45) is 0. The van der Waals surface area contributed by atoms with Crippen LogP contribution in [0, 0.1) is 0 Å². The number of carbonyl (C=O) groups excluding carboxylic acids is 1. The normalized spacial score (nSPS) is 15.1. The molecule has 1 heterocycles. The molecule has 1 aliphatic rings. The first-order valence-corrected chi connectivity index (χ1v) is 10.4. The molecule has 1 N–H and O–H groups in total. The number of piperazine rings is 1. The van der Waals surface area contributed by atoms with E-state index in [1.54, 1.807) is 0 Å². The van der Waals surface area contributed by atoms with E-state index < -0.39 is 6.61 Å². The number of benzene rings is 2. The van der Waals surface area contributed by atoms with Gasteiger partial charge in [-0.05, 0) is 35.9 Å². The van der Waals surface area contributed by atoms with Gasteiger partial charge in [0.2, 0.25) is 0 Å². The van der Waals surface area contributed by atoms with Crippen molar-refractivity contribution in [2.24, 2.45) is 0 Å². The third kappa shape index (κ3) is 6.38. The summed E-state index contributed by atoms with van der Waals surface area (Å²) in [6.45, 7) is 5.61. The molecule has 1 aliphatic heterocycles. The van der Waals surface area contributed by atoms with Gasteiger partial charge in [0, 0.05) is 44.8 Å². The van der Waals surface area contributed by atoms with Crippen LogP contribution in [0.4, 0.5) is 8.78 Å². The third-order valence-corrected chi connectivity index (χ3v) is 5.51. The largest absolute Gasteiger partial charge is 0.493 e. The van der Waals surface area contributed by atoms with Crippen molar-refractivity contribution in [2.45, 2.75) is 26.6 Å². The number of rotatable bonds is 9. The molecule has 1 amide bonds. The Kier molecular flexibility index (Phi) is 8.20. The van der Waals surface area contributed by atoms with Crippen LogP contribution in [0.15, 0.2) is 42.5 Å². The summed E-state index contributed by atoms with van der Waals surface area (Å²) in [7, 11) is 1.35. The Morgan fingerprint density at radius 2 is 1.71 bits per heavy atom. The van der Waals surface area contributed by atoms with Crippen molar-refractivity contribution >= 4 is 5.91 Å². The Hall–Kier alpha value is -2.71. The van der Waals surface area contributed by atoms with E-state index in [9.17, 15) is 13.6 Å². The molecule has 3 rings (SSSR count). The van der Waals surface area contributed by atoms with Crippen LogP contribution >= 0.6 is 0 Å². The van der Waals surface area contributed by atoms with E-state index in [2.05, 4.69) is 32.8 Å². The van der Waals surface area contributed by atoms with Gasteiger partial charge < -0.3 is 19.7 Å². The molecule has 31 heavy (non-hydrogen) atoms. The van der Waals surface area contributed by atoms with Crippen LogP contribution in [0.3, 0.4) is 0 Å². The Labute approximate surface area is 181 Å². The number of ether oxygens (including phenoxy) is 2. The first kappa shape index (κ1) is 23.0. The van der Waals surface area contributed by atoms with E-state index in [4.69, 9.17) is 4.74 Å². The summed E-state index contributed by atoms with van der Waals surface area (Å²) < 4.78 is 34.7. The van der Waals surface area contributed by atoms with E-state index in [1.807, 2.05) is 18.2 Å². The number of hydrogen-bond acceptors (Lipinski definition) is 5. The number of amides is 1. The zero-order chi connectivity index (χ0) is 22.2. The van der Waals surface area contributed by atoms with E-state index in [1.165, 1.54) is 30.9 Å². The lowest BCUT2D eigenvalue weighted by Gasteiger charge is -2.34. The molecule has 1 fully saturated rings. The molecule has 8 heteroatoms. The average molecular weight is 433 g/mol. The number of nitrogens with one attached hydrogen (secondary N) is 1. The van der Waals surface area contributed by atoms with E-state index in [0.29, 0.717) is 6.54 Å². The lowest BCUT2D eigenvalue weighted by Crippen LogP contribution is -2.45. The van der Waals surface area contributed by atoms with Crippen molar-refractivity contribution in [1.82, 2.24) is 15.1 Å². The summed E-state index contributed by atoms with van der Waals surface area (Å²) >= 11 is 0. The molecular formula is C23H29F2N3O3. The monoisotopic (exact) mass is 433 g/mol. The van der Waals surface area contributed by atoms with Crippen LogP contribution in [-0.4, -0.2) is 62.2 Å². The van der Waals surface area contributed by atoms with E-state index >= 15 is 0 Å². The second-order valence-corrected chi connectivity index (χ2v) is 7.41. The molecule has 0 bridgehead atoms. The van der Waals surface area contributed by atoms with E-state index in [0.717, 1.165) is 44.8 Å². The quantitative estimate of drug-likeness (QED) is 0.657. The van der Waals surface area contributed by atoms with Crippen LogP contribution in [-0.2, 0) is 13.1 Å².